The molecule has 0 saturated carbocycles. The van der Waals surface area contributed by atoms with Crippen molar-refractivity contribution in [1.29, 1.82) is 0 Å². The van der Waals surface area contributed by atoms with E-state index in [1.807, 2.05) is 18.2 Å². The summed E-state index contributed by atoms with van der Waals surface area (Å²) in [6.07, 6.45) is 1.49. The summed E-state index contributed by atoms with van der Waals surface area (Å²) in [4.78, 5) is 36.9. The number of ether oxygens (including phenoxy) is 2. The number of esters is 1. The van der Waals surface area contributed by atoms with Crippen molar-refractivity contribution in [2.24, 2.45) is 0 Å². The Hall–Kier alpha value is -4.33. The third-order valence-corrected chi connectivity index (χ3v) is 5.07. The highest BCUT2D eigenvalue weighted by Crippen LogP contribution is 2.22. The molecule has 0 radical (unpaired) electrons. The number of carbonyl (C=O) groups is 2. The van der Waals surface area contributed by atoms with Gasteiger partial charge in [0.1, 0.15) is 28.4 Å². The van der Waals surface area contributed by atoms with Gasteiger partial charge in [-0.3, -0.25) is 4.79 Å². The third-order valence-electron chi connectivity index (χ3n) is 5.07. The van der Waals surface area contributed by atoms with E-state index in [2.05, 4.69) is 19.2 Å². The Labute approximate surface area is 195 Å². The first-order valence-electron chi connectivity index (χ1n) is 10.7. The number of benzene rings is 2. The number of hydrogen-bond donors (Lipinski definition) is 1. The highest BCUT2D eigenvalue weighted by molar-refractivity contribution is 5.96. The lowest BCUT2D eigenvalue weighted by Crippen LogP contribution is -2.27. The second kappa shape index (κ2) is 10.1. The standard InChI is InChI=1S/C26H23NO7/c1-16(2)17-5-3-6-19(11-17)32-15-24(28)33-20-9-8-18-12-22(26(30)34-23(18)13-20)25(29)27-14-21-7-4-10-31-21/h3-13,16H,14-15H2,1-2H3,(H,27,29). The lowest BCUT2D eigenvalue weighted by molar-refractivity contribution is -0.136. The first kappa shape index (κ1) is 22.8. The number of amides is 1. The first-order valence-corrected chi connectivity index (χ1v) is 10.7. The maximum Gasteiger partial charge on any atom is 0.349 e. The van der Waals surface area contributed by atoms with E-state index < -0.39 is 17.5 Å². The molecular formula is C26H23NO7. The van der Waals surface area contributed by atoms with E-state index >= 15 is 0 Å². The molecule has 0 aliphatic rings. The van der Waals surface area contributed by atoms with Crippen LogP contribution in [0.4, 0.5) is 0 Å². The van der Waals surface area contributed by atoms with Crippen LogP contribution in [0.5, 0.6) is 11.5 Å². The third kappa shape index (κ3) is 5.53. The molecule has 8 nitrogen and oxygen atoms in total. The van der Waals surface area contributed by atoms with E-state index in [0.29, 0.717) is 22.8 Å². The van der Waals surface area contributed by atoms with Crippen molar-refractivity contribution in [2.75, 3.05) is 6.61 Å². The predicted molar refractivity (Wildman–Crippen MR) is 124 cm³/mol. The minimum absolute atomic E-state index is 0.138. The van der Waals surface area contributed by atoms with E-state index in [0.717, 1.165) is 5.56 Å². The molecule has 4 aromatic rings. The summed E-state index contributed by atoms with van der Waals surface area (Å²) in [6, 6.07) is 16.9. The first-order chi connectivity index (χ1) is 16.4. The van der Waals surface area contributed by atoms with Crippen LogP contribution in [0, 0.1) is 0 Å². The fourth-order valence-electron chi connectivity index (χ4n) is 3.26. The Kier molecular flexibility index (Phi) is 6.77. The summed E-state index contributed by atoms with van der Waals surface area (Å²) in [7, 11) is 0. The molecule has 34 heavy (non-hydrogen) atoms. The van der Waals surface area contributed by atoms with E-state index in [9.17, 15) is 14.4 Å². The van der Waals surface area contributed by atoms with Gasteiger partial charge in [0, 0.05) is 11.5 Å². The van der Waals surface area contributed by atoms with Crippen LogP contribution in [0.3, 0.4) is 0 Å². The molecule has 0 spiro atoms. The summed E-state index contributed by atoms with van der Waals surface area (Å²) in [5.74, 6) is 0.472. The zero-order valence-electron chi connectivity index (χ0n) is 18.7. The molecule has 0 saturated heterocycles. The second-order valence-corrected chi connectivity index (χ2v) is 7.90. The number of furan rings is 1. The normalized spacial score (nSPS) is 10.9. The molecule has 2 aromatic carbocycles. The van der Waals surface area contributed by atoms with Gasteiger partial charge in [-0.2, -0.15) is 0 Å². The molecule has 174 valence electrons. The van der Waals surface area contributed by atoms with Crippen LogP contribution in [-0.4, -0.2) is 18.5 Å². The largest absolute Gasteiger partial charge is 0.482 e. The lowest BCUT2D eigenvalue weighted by atomic mass is 10.0. The number of hydrogen-bond acceptors (Lipinski definition) is 7. The summed E-state index contributed by atoms with van der Waals surface area (Å²) >= 11 is 0. The topological polar surface area (TPSA) is 108 Å². The Balaban J connectivity index is 1.40. The van der Waals surface area contributed by atoms with E-state index in [4.69, 9.17) is 18.3 Å². The Morgan fingerprint density at radius 1 is 1.00 bits per heavy atom. The van der Waals surface area contributed by atoms with Gasteiger partial charge in [-0.15, -0.1) is 0 Å². The van der Waals surface area contributed by atoms with Crippen LogP contribution in [0.1, 0.15) is 41.4 Å². The fourth-order valence-corrected chi connectivity index (χ4v) is 3.26. The SMILES string of the molecule is CC(C)c1cccc(OCC(=O)Oc2ccc3cc(C(=O)NCc4ccco4)c(=O)oc3c2)c1. The molecule has 2 aromatic heterocycles. The molecule has 0 fully saturated rings. The van der Waals surface area contributed by atoms with Gasteiger partial charge in [0.15, 0.2) is 6.61 Å². The summed E-state index contributed by atoms with van der Waals surface area (Å²) in [5, 5.41) is 3.11. The molecule has 0 unspecified atom stereocenters. The molecule has 0 aliphatic heterocycles. The Morgan fingerprint density at radius 2 is 1.85 bits per heavy atom. The fraction of sp³-hybridized carbons (Fsp3) is 0.192. The van der Waals surface area contributed by atoms with E-state index in [1.165, 1.54) is 18.4 Å². The van der Waals surface area contributed by atoms with Crippen molar-refractivity contribution in [3.8, 4) is 11.5 Å². The maximum atomic E-state index is 12.4. The van der Waals surface area contributed by atoms with Gasteiger partial charge in [-0.1, -0.05) is 26.0 Å². The predicted octanol–water partition coefficient (Wildman–Crippen LogP) is 4.42. The molecule has 8 heteroatoms. The quantitative estimate of drug-likeness (QED) is 0.235. The molecule has 0 atom stereocenters. The van der Waals surface area contributed by atoms with Gasteiger partial charge >= 0.3 is 11.6 Å². The maximum absolute atomic E-state index is 12.4. The molecule has 2 heterocycles. The van der Waals surface area contributed by atoms with Crippen LogP contribution in [-0.2, 0) is 11.3 Å². The van der Waals surface area contributed by atoms with Crippen LogP contribution >= 0.6 is 0 Å². The average Bonchev–Trinajstić information content (AvgIpc) is 3.34. The molecule has 1 N–H and O–H groups in total. The second-order valence-electron chi connectivity index (χ2n) is 7.90. The van der Waals surface area contributed by atoms with Gasteiger partial charge in [0.25, 0.3) is 5.91 Å². The summed E-state index contributed by atoms with van der Waals surface area (Å²) in [5.41, 5.74) is 0.343. The zero-order chi connectivity index (χ0) is 24.1. The number of rotatable bonds is 8. The average molecular weight is 461 g/mol. The Morgan fingerprint density at radius 3 is 2.62 bits per heavy atom. The van der Waals surface area contributed by atoms with Crippen molar-refractivity contribution in [3.63, 3.8) is 0 Å². The van der Waals surface area contributed by atoms with Crippen LogP contribution in [0.2, 0.25) is 0 Å². The summed E-state index contributed by atoms with van der Waals surface area (Å²) < 4.78 is 21.3. The van der Waals surface area contributed by atoms with Gasteiger partial charge in [-0.25, -0.2) is 9.59 Å². The smallest absolute Gasteiger partial charge is 0.349 e. The molecule has 0 bridgehead atoms. The van der Waals surface area contributed by atoms with Crippen molar-refractivity contribution >= 4 is 22.8 Å². The molecule has 4 rings (SSSR count). The van der Waals surface area contributed by atoms with Gasteiger partial charge < -0.3 is 23.6 Å². The van der Waals surface area contributed by atoms with Crippen LogP contribution in [0.15, 0.2) is 80.6 Å². The number of nitrogens with one attached hydrogen (secondary N) is 1. The van der Waals surface area contributed by atoms with Gasteiger partial charge in [-0.05, 0) is 53.9 Å². The van der Waals surface area contributed by atoms with Crippen molar-refractivity contribution < 1.29 is 27.9 Å². The van der Waals surface area contributed by atoms with Crippen molar-refractivity contribution in [3.05, 3.63) is 94.2 Å². The highest BCUT2D eigenvalue weighted by atomic mass is 16.6. The number of carbonyl (C=O) groups excluding carboxylic acids is 2. The van der Waals surface area contributed by atoms with Crippen molar-refractivity contribution in [2.45, 2.75) is 26.3 Å². The monoisotopic (exact) mass is 461 g/mol. The summed E-state index contributed by atoms with van der Waals surface area (Å²) in [6.45, 7) is 4.00. The molecule has 0 aliphatic carbocycles. The highest BCUT2D eigenvalue weighted by Gasteiger charge is 2.15. The van der Waals surface area contributed by atoms with E-state index in [-0.39, 0.29) is 30.0 Å². The van der Waals surface area contributed by atoms with Crippen LogP contribution in [0.25, 0.3) is 11.0 Å². The van der Waals surface area contributed by atoms with Gasteiger partial charge in [0.05, 0.1) is 12.8 Å². The number of fused-ring (bicyclic) bond motifs is 1. The van der Waals surface area contributed by atoms with Gasteiger partial charge in [0.2, 0.25) is 0 Å². The van der Waals surface area contributed by atoms with E-state index in [1.54, 1.807) is 30.3 Å². The minimum atomic E-state index is -0.804. The van der Waals surface area contributed by atoms with Crippen LogP contribution < -0.4 is 20.4 Å². The zero-order valence-corrected chi connectivity index (χ0v) is 18.7. The lowest BCUT2D eigenvalue weighted by Gasteiger charge is -2.10. The van der Waals surface area contributed by atoms with Crippen molar-refractivity contribution in [1.82, 2.24) is 5.32 Å². The minimum Gasteiger partial charge on any atom is -0.482 e. The Bertz CT molecular complexity index is 1370. The molecule has 1 amide bonds. The molecular weight excluding hydrogens is 438 g/mol.